The molecule has 0 bridgehead atoms. The summed E-state index contributed by atoms with van der Waals surface area (Å²) >= 11 is 6.71. The van der Waals surface area contributed by atoms with E-state index in [1.165, 1.54) is 16.9 Å². The summed E-state index contributed by atoms with van der Waals surface area (Å²) in [6.45, 7) is 4.60. The monoisotopic (exact) mass is 451 g/mol. The van der Waals surface area contributed by atoms with Crippen LogP contribution in [0.5, 0.6) is 5.75 Å². The molecule has 0 saturated carbocycles. The molecule has 158 valence electrons. The number of nitrogens with zero attached hydrogens (tertiary/aromatic N) is 3. The van der Waals surface area contributed by atoms with Crippen molar-refractivity contribution in [1.29, 1.82) is 0 Å². The molecule has 9 heteroatoms. The molecule has 0 saturated heterocycles. The summed E-state index contributed by atoms with van der Waals surface area (Å²) in [4.78, 5) is 17.2. The topological polar surface area (TPSA) is 84.8 Å². The Morgan fingerprint density at radius 1 is 1.16 bits per heavy atom. The van der Waals surface area contributed by atoms with Gasteiger partial charge in [0.1, 0.15) is 12.3 Å². The molecular weight excluding hydrogens is 430 g/mol. The van der Waals surface area contributed by atoms with Gasteiger partial charge < -0.3 is 10.1 Å². The molecule has 31 heavy (non-hydrogen) atoms. The Balaban J connectivity index is 1.48. The van der Waals surface area contributed by atoms with Gasteiger partial charge in [-0.2, -0.15) is 5.10 Å². The van der Waals surface area contributed by atoms with E-state index in [0.29, 0.717) is 22.3 Å². The summed E-state index contributed by atoms with van der Waals surface area (Å²) in [7, 11) is 0. The minimum atomic E-state index is -0.227. The molecule has 4 aromatic rings. The van der Waals surface area contributed by atoms with Crippen LogP contribution >= 0.6 is 23.6 Å². The van der Waals surface area contributed by atoms with E-state index in [2.05, 4.69) is 20.5 Å². The zero-order valence-electron chi connectivity index (χ0n) is 17.1. The fourth-order valence-electron chi connectivity index (χ4n) is 3.04. The lowest BCUT2D eigenvalue weighted by Gasteiger charge is -2.08. The van der Waals surface area contributed by atoms with Gasteiger partial charge >= 0.3 is 0 Å². The third-order valence-electron chi connectivity index (χ3n) is 4.58. The minimum absolute atomic E-state index is 0.0251. The number of H-pyrrole nitrogens is 1. The van der Waals surface area contributed by atoms with Crippen LogP contribution in [-0.4, -0.2) is 32.3 Å². The summed E-state index contributed by atoms with van der Waals surface area (Å²) in [6.07, 6.45) is 0. The lowest BCUT2D eigenvalue weighted by atomic mass is 10.1. The molecule has 0 fully saturated rings. The molecule has 2 aromatic heterocycles. The summed E-state index contributed by atoms with van der Waals surface area (Å²) in [5.74, 6) is 1.13. The van der Waals surface area contributed by atoms with Crippen LogP contribution < -0.4 is 10.1 Å². The van der Waals surface area contributed by atoms with Gasteiger partial charge in [0.15, 0.2) is 15.7 Å². The van der Waals surface area contributed by atoms with Crippen molar-refractivity contribution in [1.82, 2.24) is 19.7 Å². The second-order valence-corrected chi connectivity index (χ2v) is 8.09. The van der Waals surface area contributed by atoms with Gasteiger partial charge in [-0.1, -0.05) is 29.8 Å². The lowest BCUT2D eigenvalue weighted by molar-refractivity contribution is -0.116. The number of aromatic nitrogens is 4. The summed E-state index contributed by atoms with van der Waals surface area (Å²) < 4.78 is 7.51. The second-order valence-electron chi connectivity index (χ2n) is 6.85. The maximum atomic E-state index is 12.7. The van der Waals surface area contributed by atoms with Crippen molar-refractivity contribution in [3.63, 3.8) is 0 Å². The van der Waals surface area contributed by atoms with E-state index in [0.717, 1.165) is 22.6 Å². The number of amides is 1. The number of aryl methyl sites for hydroxylation is 1. The fraction of sp³-hybridized carbons (Fsp3) is 0.182. The largest absolute Gasteiger partial charge is 0.494 e. The van der Waals surface area contributed by atoms with Crippen molar-refractivity contribution < 1.29 is 9.53 Å². The van der Waals surface area contributed by atoms with Crippen LogP contribution in [0.25, 0.3) is 22.6 Å². The quantitative estimate of drug-likeness (QED) is 0.383. The molecule has 0 aliphatic rings. The highest BCUT2D eigenvalue weighted by atomic mass is 32.1. The van der Waals surface area contributed by atoms with Crippen LogP contribution in [0, 0.1) is 11.7 Å². The third kappa shape index (κ3) is 4.89. The van der Waals surface area contributed by atoms with E-state index in [-0.39, 0.29) is 12.5 Å². The van der Waals surface area contributed by atoms with Gasteiger partial charge in [-0.25, -0.2) is 4.98 Å². The van der Waals surface area contributed by atoms with Crippen molar-refractivity contribution in [2.75, 3.05) is 11.9 Å². The van der Waals surface area contributed by atoms with Crippen molar-refractivity contribution in [3.05, 3.63) is 64.2 Å². The second kappa shape index (κ2) is 9.23. The molecule has 0 radical (unpaired) electrons. The van der Waals surface area contributed by atoms with Gasteiger partial charge in [0.2, 0.25) is 5.91 Å². The van der Waals surface area contributed by atoms with E-state index >= 15 is 0 Å². The first-order valence-corrected chi connectivity index (χ1v) is 11.0. The Morgan fingerprint density at radius 3 is 2.58 bits per heavy atom. The molecule has 0 atom stereocenters. The predicted octanol–water partition coefficient (Wildman–Crippen LogP) is 5.08. The maximum absolute atomic E-state index is 12.7. The average Bonchev–Trinajstić information content (AvgIpc) is 3.37. The molecule has 4 rings (SSSR count). The van der Waals surface area contributed by atoms with E-state index in [4.69, 9.17) is 17.0 Å². The number of anilines is 1. The number of nitrogens with one attached hydrogen (secondary N) is 2. The number of rotatable bonds is 7. The van der Waals surface area contributed by atoms with E-state index < -0.39 is 0 Å². The van der Waals surface area contributed by atoms with E-state index in [1.807, 2.05) is 67.8 Å². The zero-order chi connectivity index (χ0) is 21.8. The van der Waals surface area contributed by atoms with Gasteiger partial charge in [0.25, 0.3) is 0 Å². The third-order valence-corrected chi connectivity index (χ3v) is 5.65. The van der Waals surface area contributed by atoms with Gasteiger partial charge in [0.05, 0.1) is 12.3 Å². The number of benzene rings is 2. The van der Waals surface area contributed by atoms with Crippen LogP contribution in [0.2, 0.25) is 0 Å². The van der Waals surface area contributed by atoms with Crippen LogP contribution in [0.3, 0.4) is 0 Å². The van der Waals surface area contributed by atoms with Crippen molar-refractivity contribution in [2.45, 2.75) is 20.4 Å². The molecule has 2 aromatic carbocycles. The van der Waals surface area contributed by atoms with Crippen LogP contribution in [0.15, 0.2) is 53.9 Å². The highest BCUT2D eigenvalue weighted by molar-refractivity contribution is 7.71. The van der Waals surface area contributed by atoms with Crippen molar-refractivity contribution in [3.8, 4) is 28.4 Å². The first-order chi connectivity index (χ1) is 15.0. The summed E-state index contributed by atoms with van der Waals surface area (Å²) in [5, 5.41) is 12.4. The van der Waals surface area contributed by atoms with Crippen molar-refractivity contribution >= 4 is 34.6 Å². The van der Waals surface area contributed by atoms with Gasteiger partial charge in [-0.15, -0.1) is 11.3 Å². The number of carbonyl (C=O) groups excluding carboxylic acids is 1. The Kier molecular flexibility index (Phi) is 6.24. The number of aromatic amines is 1. The first kappa shape index (κ1) is 21.0. The number of hydrogen-bond donors (Lipinski definition) is 2. The number of thiazole rings is 1. The highest BCUT2D eigenvalue weighted by Crippen LogP contribution is 2.25. The SMILES string of the molecule is CCOc1ccc(-c2n[nH]c(=S)n2CC(=O)Nc2nc(-c3ccc(C)cc3)cs2)cc1. The molecular formula is C22H21N5O2S2. The van der Waals surface area contributed by atoms with Crippen molar-refractivity contribution in [2.24, 2.45) is 0 Å². The summed E-state index contributed by atoms with van der Waals surface area (Å²) in [6, 6.07) is 15.6. The maximum Gasteiger partial charge on any atom is 0.246 e. The number of hydrogen-bond acceptors (Lipinski definition) is 6. The molecule has 0 aliphatic carbocycles. The average molecular weight is 452 g/mol. The zero-order valence-corrected chi connectivity index (χ0v) is 18.7. The smallest absolute Gasteiger partial charge is 0.246 e. The molecule has 1 amide bonds. The fourth-order valence-corrected chi connectivity index (χ4v) is 3.97. The molecule has 2 N–H and O–H groups in total. The van der Waals surface area contributed by atoms with Gasteiger partial charge in [0, 0.05) is 16.5 Å². The van der Waals surface area contributed by atoms with E-state index in [1.54, 1.807) is 4.57 Å². The first-order valence-electron chi connectivity index (χ1n) is 9.74. The standard InChI is InChI=1S/C22H21N5O2S2/c1-3-29-17-10-8-16(9-11-17)20-25-26-22(30)27(20)12-19(28)24-21-23-18(13-31-21)15-6-4-14(2)5-7-15/h4-11,13H,3,12H2,1-2H3,(H,26,30)(H,23,24,28). The van der Waals surface area contributed by atoms with Crippen LogP contribution in [0.4, 0.5) is 5.13 Å². The molecule has 7 nitrogen and oxygen atoms in total. The normalized spacial score (nSPS) is 10.8. The molecule has 2 heterocycles. The van der Waals surface area contributed by atoms with Crippen LogP contribution in [-0.2, 0) is 11.3 Å². The molecule has 0 aliphatic heterocycles. The highest BCUT2D eigenvalue weighted by Gasteiger charge is 2.14. The molecule has 0 unspecified atom stereocenters. The molecule has 0 spiro atoms. The minimum Gasteiger partial charge on any atom is -0.494 e. The van der Waals surface area contributed by atoms with Crippen LogP contribution in [0.1, 0.15) is 12.5 Å². The number of carbonyl (C=O) groups is 1. The van der Waals surface area contributed by atoms with Gasteiger partial charge in [-0.05, 0) is 50.3 Å². The lowest BCUT2D eigenvalue weighted by Crippen LogP contribution is -2.19. The summed E-state index contributed by atoms with van der Waals surface area (Å²) in [5.41, 5.74) is 3.86. The Labute approximate surface area is 188 Å². The Morgan fingerprint density at radius 2 is 1.87 bits per heavy atom. The Hall–Kier alpha value is -3.30. The van der Waals surface area contributed by atoms with E-state index in [9.17, 15) is 4.79 Å². The Bertz CT molecular complexity index is 1240. The predicted molar refractivity (Wildman–Crippen MR) is 125 cm³/mol. The number of ether oxygens (including phenoxy) is 1. The van der Waals surface area contributed by atoms with Gasteiger partial charge in [-0.3, -0.25) is 14.5 Å².